The van der Waals surface area contributed by atoms with Gasteiger partial charge in [-0.3, -0.25) is 0 Å². The van der Waals surface area contributed by atoms with E-state index in [0.717, 1.165) is 6.54 Å². The fourth-order valence-corrected chi connectivity index (χ4v) is 1.08. The average molecular weight is 167 g/mol. The topological polar surface area (TPSA) is 31.2 Å². The van der Waals surface area contributed by atoms with E-state index in [4.69, 9.17) is 4.74 Å². The molecule has 3 nitrogen and oxygen atoms in total. The molecule has 0 N–H and O–H groups in total. The predicted molar refractivity (Wildman–Crippen MR) is 46.1 cm³/mol. The monoisotopic (exact) mass is 167 g/mol. The molecule has 0 bridgehead atoms. The number of carbonyl (C=O) groups is 1. The first-order chi connectivity index (χ1) is 5.79. The highest BCUT2D eigenvalue weighted by atomic mass is 16.5. The van der Waals surface area contributed by atoms with Gasteiger partial charge in [0.25, 0.3) is 0 Å². The minimum Gasteiger partial charge on any atom is -0.461 e. The van der Waals surface area contributed by atoms with Gasteiger partial charge in [-0.1, -0.05) is 0 Å². The minimum atomic E-state index is -0.246. The molecule has 0 aliphatic carbocycles. The molecule has 1 heterocycles. The molecule has 0 aromatic carbocycles. The maximum absolute atomic E-state index is 11.2. The molecule has 0 saturated heterocycles. The molecule has 66 valence electrons. The molecule has 3 heteroatoms. The first kappa shape index (κ1) is 8.84. The Labute approximate surface area is 72.0 Å². The Morgan fingerprint density at radius 3 is 2.92 bits per heavy atom. The van der Waals surface area contributed by atoms with Gasteiger partial charge >= 0.3 is 5.97 Å². The van der Waals surface area contributed by atoms with Crippen molar-refractivity contribution in [2.45, 2.75) is 20.4 Å². The van der Waals surface area contributed by atoms with Crippen molar-refractivity contribution < 1.29 is 9.53 Å². The first-order valence-electron chi connectivity index (χ1n) is 4.11. The van der Waals surface area contributed by atoms with Gasteiger partial charge in [0.05, 0.1) is 6.61 Å². The molecule has 0 atom stereocenters. The van der Waals surface area contributed by atoms with Crippen LogP contribution in [-0.2, 0) is 11.3 Å². The summed E-state index contributed by atoms with van der Waals surface area (Å²) in [5, 5.41) is 0. The van der Waals surface area contributed by atoms with Crippen molar-refractivity contribution >= 4 is 5.97 Å². The van der Waals surface area contributed by atoms with E-state index in [2.05, 4.69) is 0 Å². The van der Waals surface area contributed by atoms with E-state index in [-0.39, 0.29) is 5.97 Å². The van der Waals surface area contributed by atoms with Crippen LogP contribution in [0.3, 0.4) is 0 Å². The summed E-state index contributed by atoms with van der Waals surface area (Å²) in [7, 11) is 0. The number of aryl methyl sites for hydroxylation is 1. The maximum Gasteiger partial charge on any atom is 0.354 e. The van der Waals surface area contributed by atoms with Crippen LogP contribution >= 0.6 is 0 Å². The van der Waals surface area contributed by atoms with Gasteiger partial charge in [0.1, 0.15) is 5.69 Å². The summed E-state index contributed by atoms with van der Waals surface area (Å²) in [4.78, 5) is 11.2. The highest BCUT2D eigenvalue weighted by Gasteiger charge is 2.09. The van der Waals surface area contributed by atoms with Crippen molar-refractivity contribution in [3.63, 3.8) is 0 Å². The second-order valence-corrected chi connectivity index (χ2v) is 2.40. The molecule has 0 amide bonds. The first-order valence-corrected chi connectivity index (χ1v) is 4.11. The molecule has 0 saturated carbocycles. The summed E-state index contributed by atoms with van der Waals surface area (Å²) in [6, 6.07) is 3.61. The lowest BCUT2D eigenvalue weighted by Crippen LogP contribution is -2.10. The van der Waals surface area contributed by atoms with Gasteiger partial charge < -0.3 is 9.30 Å². The average Bonchev–Trinajstić information content (AvgIpc) is 2.51. The number of hydrogen-bond acceptors (Lipinski definition) is 2. The fraction of sp³-hybridized carbons (Fsp3) is 0.444. The van der Waals surface area contributed by atoms with Crippen LogP contribution in [0.25, 0.3) is 0 Å². The Balaban J connectivity index is 2.79. The van der Waals surface area contributed by atoms with Crippen molar-refractivity contribution in [2.75, 3.05) is 6.61 Å². The molecule has 0 unspecified atom stereocenters. The number of carbonyl (C=O) groups excluding carboxylic acids is 1. The van der Waals surface area contributed by atoms with Crippen LogP contribution in [0.4, 0.5) is 0 Å². The van der Waals surface area contributed by atoms with E-state index >= 15 is 0 Å². The number of hydrogen-bond donors (Lipinski definition) is 0. The molecule has 1 rings (SSSR count). The molecule has 0 spiro atoms. The van der Waals surface area contributed by atoms with E-state index in [1.807, 2.05) is 23.8 Å². The molecular formula is C9H13NO2. The van der Waals surface area contributed by atoms with Gasteiger partial charge in [-0.2, -0.15) is 0 Å². The number of rotatable bonds is 3. The van der Waals surface area contributed by atoms with E-state index in [1.165, 1.54) is 0 Å². The molecule has 0 aliphatic heterocycles. The molecule has 1 aromatic heterocycles. The number of aromatic nitrogens is 1. The van der Waals surface area contributed by atoms with Crippen molar-refractivity contribution in [3.05, 3.63) is 24.0 Å². The molecule has 0 fully saturated rings. The second-order valence-electron chi connectivity index (χ2n) is 2.40. The Morgan fingerprint density at radius 2 is 2.33 bits per heavy atom. The van der Waals surface area contributed by atoms with Crippen molar-refractivity contribution in [2.24, 2.45) is 0 Å². The van der Waals surface area contributed by atoms with Crippen LogP contribution in [0.5, 0.6) is 0 Å². The molecule has 0 radical (unpaired) electrons. The smallest absolute Gasteiger partial charge is 0.354 e. The zero-order valence-electron chi connectivity index (χ0n) is 7.41. The van der Waals surface area contributed by atoms with E-state index < -0.39 is 0 Å². The lowest BCUT2D eigenvalue weighted by atomic mass is 10.4. The zero-order valence-corrected chi connectivity index (χ0v) is 7.41. The molecule has 0 aliphatic rings. The molecular weight excluding hydrogens is 154 g/mol. The Bertz CT molecular complexity index is 265. The Hall–Kier alpha value is -1.25. The van der Waals surface area contributed by atoms with Crippen LogP contribution in [0, 0.1) is 0 Å². The van der Waals surface area contributed by atoms with E-state index in [9.17, 15) is 4.79 Å². The van der Waals surface area contributed by atoms with Gasteiger partial charge in [-0.25, -0.2) is 4.79 Å². The summed E-state index contributed by atoms with van der Waals surface area (Å²) < 4.78 is 6.73. The number of ether oxygens (including phenoxy) is 1. The van der Waals surface area contributed by atoms with Gasteiger partial charge in [0.2, 0.25) is 0 Å². The van der Waals surface area contributed by atoms with Crippen molar-refractivity contribution in [1.29, 1.82) is 0 Å². The van der Waals surface area contributed by atoms with Crippen molar-refractivity contribution in [1.82, 2.24) is 4.57 Å². The summed E-state index contributed by atoms with van der Waals surface area (Å²) in [6.45, 7) is 5.01. The van der Waals surface area contributed by atoms with Crippen LogP contribution in [0.2, 0.25) is 0 Å². The SMILES string of the molecule is CCOC(=O)c1cccn1CC. The summed E-state index contributed by atoms with van der Waals surface area (Å²) >= 11 is 0. The lowest BCUT2D eigenvalue weighted by Gasteiger charge is -2.04. The maximum atomic E-state index is 11.2. The Morgan fingerprint density at radius 1 is 1.58 bits per heavy atom. The summed E-state index contributed by atoms with van der Waals surface area (Å²) in [5.41, 5.74) is 0.624. The normalized spacial score (nSPS) is 9.83. The third-order valence-corrected chi connectivity index (χ3v) is 1.65. The van der Waals surface area contributed by atoms with Crippen molar-refractivity contribution in [3.8, 4) is 0 Å². The predicted octanol–water partition coefficient (Wildman–Crippen LogP) is 1.68. The van der Waals surface area contributed by atoms with Crippen LogP contribution < -0.4 is 0 Å². The number of esters is 1. The van der Waals surface area contributed by atoms with Gasteiger partial charge in [-0.15, -0.1) is 0 Å². The summed E-state index contributed by atoms with van der Waals surface area (Å²) in [6.07, 6.45) is 1.87. The van der Waals surface area contributed by atoms with Crippen LogP contribution in [0.1, 0.15) is 24.3 Å². The fourth-order valence-electron chi connectivity index (χ4n) is 1.08. The molecule has 1 aromatic rings. The van der Waals surface area contributed by atoms with Gasteiger partial charge in [0.15, 0.2) is 0 Å². The van der Waals surface area contributed by atoms with E-state index in [1.54, 1.807) is 13.0 Å². The van der Waals surface area contributed by atoms with E-state index in [0.29, 0.717) is 12.3 Å². The zero-order chi connectivity index (χ0) is 8.97. The number of nitrogens with zero attached hydrogens (tertiary/aromatic N) is 1. The van der Waals surface area contributed by atoms with Gasteiger partial charge in [-0.05, 0) is 26.0 Å². The largest absolute Gasteiger partial charge is 0.461 e. The summed E-state index contributed by atoms with van der Waals surface area (Å²) in [5.74, 6) is -0.246. The third kappa shape index (κ3) is 1.67. The second kappa shape index (κ2) is 3.95. The lowest BCUT2D eigenvalue weighted by molar-refractivity contribution is 0.0514. The standard InChI is InChI=1S/C9H13NO2/c1-3-10-7-5-6-8(10)9(11)12-4-2/h5-7H,3-4H2,1-2H3. The molecule has 12 heavy (non-hydrogen) atoms. The van der Waals surface area contributed by atoms with Gasteiger partial charge in [0, 0.05) is 12.7 Å². The van der Waals surface area contributed by atoms with Crippen LogP contribution in [-0.4, -0.2) is 17.1 Å². The highest BCUT2D eigenvalue weighted by Crippen LogP contribution is 2.03. The third-order valence-electron chi connectivity index (χ3n) is 1.65. The van der Waals surface area contributed by atoms with Crippen LogP contribution in [0.15, 0.2) is 18.3 Å². The minimum absolute atomic E-state index is 0.246. The Kier molecular flexibility index (Phi) is 2.91. The quantitative estimate of drug-likeness (QED) is 0.641. The highest BCUT2D eigenvalue weighted by molar-refractivity contribution is 5.87.